The molecule has 0 aromatic carbocycles. The highest BCUT2D eigenvalue weighted by molar-refractivity contribution is 7.15. The smallest absolute Gasteiger partial charge is 0.188 e. The molecule has 0 aliphatic heterocycles. The molecule has 0 fully saturated rings. The van der Waals surface area contributed by atoms with Gasteiger partial charge in [-0.1, -0.05) is 0 Å². The van der Waals surface area contributed by atoms with Crippen LogP contribution in [-0.4, -0.2) is 15.0 Å². The summed E-state index contributed by atoms with van der Waals surface area (Å²) in [6.45, 7) is 0. The Morgan fingerprint density at radius 3 is 3.00 bits per heavy atom. The molecule has 82 valence electrons. The number of aryl methyl sites for hydroxylation is 2. The Hall–Kier alpha value is -1.69. The molecule has 0 saturated heterocycles. The zero-order valence-corrected chi connectivity index (χ0v) is 9.42. The lowest BCUT2D eigenvalue weighted by Crippen LogP contribution is -1.98. The van der Waals surface area contributed by atoms with Gasteiger partial charge in [-0.3, -0.25) is 4.98 Å². The molecular formula is C10H11N5S. The summed E-state index contributed by atoms with van der Waals surface area (Å²) in [5.74, 6) is 1.06. The molecule has 1 aliphatic rings. The van der Waals surface area contributed by atoms with E-state index in [1.807, 2.05) is 0 Å². The van der Waals surface area contributed by atoms with Crippen molar-refractivity contribution in [2.45, 2.75) is 19.3 Å². The van der Waals surface area contributed by atoms with E-state index in [1.165, 1.54) is 23.2 Å². The van der Waals surface area contributed by atoms with E-state index in [0.29, 0.717) is 11.6 Å². The van der Waals surface area contributed by atoms with E-state index in [4.69, 9.17) is 5.73 Å². The van der Waals surface area contributed by atoms with Crippen LogP contribution in [0.15, 0.2) is 12.4 Å². The third-order valence-electron chi connectivity index (χ3n) is 2.48. The molecule has 3 rings (SSSR count). The van der Waals surface area contributed by atoms with Gasteiger partial charge in [-0.05, 0) is 19.3 Å². The van der Waals surface area contributed by atoms with Crippen LogP contribution in [0, 0.1) is 0 Å². The van der Waals surface area contributed by atoms with Gasteiger partial charge >= 0.3 is 0 Å². The number of nitrogens with zero attached hydrogens (tertiary/aromatic N) is 3. The maximum absolute atomic E-state index is 5.55. The van der Waals surface area contributed by atoms with Crippen LogP contribution in [0.5, 0.6) is 0 Å². The van der Waals surface area contributed by atoms with Crippen LogP contribution >= 0.6 is 11.3 Å². The highest BCUT2D eigenvalue weighted by Gasteiger charge is 2.16. The van der Waals surface area contributed by atoms with Gasteiger partial charge in [0.05, 0.1) is 18.1 Å². The van der Waals surface area contributed by atoms with Crippen LogP contribution in [-0.2, 0) is 12.8 Å². The zero-order valence-electron chi connectivity index (χ0n) is 8.60. The van der Waals surface area contributed by atoms with E-state index in [2.05, 4.69) is 20.3 Å². The molecule has 16 heavy (non-hydrogen) atoms. The molecule has 2 aromatic rings. The summed E-state index contributed by atoms with van der Waals surface area (Å²) in [5.41, 5.74) is 6.78. The summed E-state index contributed by atoms with van der Waals surface area (Å²) in [7, 11) is 0. The molecule has 0 saturated carbocycles. The van der Waals surface area contributed by atoms with Crippen LogP contribution in [0.1, 0.15) is 17.0 Å². The minimum Gasteiger partial charge on any atom is -0.382 e. The second-order valence-electron chi connectivity index (χ2n) is 3.70. The molecule has 2 aromatic heterocycles. The van der Waals surface area contributed by atoms with Crippen molar-refractivity contribution in [3.8, 4) is 0 Å². The van der Waals surface area contributed by atoms with Gasteiger partial charge in [-0.25, -0.2) is 9.97 Å². The Bertz CT molecular complexity index is 500. The number of hydrogen-bond donors (Lipinski definition) is 2. The molecule has 2 heterocycles. The van der Waals surface area contributed by atoms with Gasteiger partial charge in [0, 0.05) is 4.88 Å². The first-order valence-electron chi connectivity index (χ1n) is 5.14. The van der Waals surface area contributed by atoms with E-state index in [-0.39, 0.29) is 0 Å². The first kappa shape index (κ1) is 9.53. The minimum atomic E-state index is 0.411. The van der Waals surface area contributed by atoms with E-state index in [1.54, 1.807) is 17.5 Å². The van der Waals surface area contributed by atoms with Crippen molar-refractivity contribution in [2.75, 3.05) is 11.1 Å². The van der Waals surface area contributed by atoms with E-state index in [0.717, 1.165) is 18.0 Å². The van der Waals surface area contributed by atoms with Crippen LogP contribution in [0.4, 0.5) is 16.8 Å². The zero-order chi connectivity index (χ0) is 11.0. The lowest BCUT2D eigenvalue weighted by atomic mass is 10.4. The fourth-order valence-electron chi connectivity index (χ4n) is 1.79. The summed E-state index contributed by atoms with van der Waals surface area (Å²) in [6, 6.07) is 0. The highest BCUT2D eigenvalue weighted by atomic mass is 32.1. The number of anilines is 3. The molecule has 0 unspecified atom stereocenters. The Kier molecular flexibility index (Phi) is 2.21. The highest BCUT2D eigenvalue weighted by Crippen LogP contribution is 2.31. The number of rotatable bonds is 2. The van der Waals surface area contributed by atoms with Crippen molar-refractivity contribution in [2.24, 2.45) is 0 Å². The summed E-state index contributed by atoms with van der Waals surface area (Å²) in [6.07, 6.45) is 6.63. The molecule has 3 N–H and O–H groups in total. The fourth-order valence-corrected chi connectivity index (χ4v) is 2.85. The first-order chi connectivity index (χ1) is 7.81. The third-order valence-corrected chi connectivity index (χ3v) is 3.56. The molecule has 0 bridgehead atoms. The average molecular weight is 233 g/mol. The maximum atomic E-state index is 5.55. The second kappa shape index (κ2) is 3.71. The molecule has 0 spiro atoms. The monoisotopic (exact) mass is 233 g/mol. The van der Waals surface area contributed by atoms with Gasteiger partial charge in [0.25, 0.3) is 0 Å². The van der Waals surface area contributed by atoms with Gasteiger partial charge in [-0.15, -0.1) is 11.3 Å². The Morgan fingerprint density at radius 1 is 1.25 bits per heavy atom. The average Bonchev–Trinajstić information content (AvgIpc) is 2.77. The first-order valence-corrected chi connectivity index (χ1v) is 5.96. The normalized spacial score (nSPS) is 13.8. The molecule has 5 nitrogen and oxygen atoms in total. The van der Waals surface area contributed by atoms with Crippen molar-refractivity contribution in [1.29, 1.82) is 0 Å². The van der Waals surface area contributed by atoms with Crippen molar-refractivity contribution in [3.05, 3.63) is 23.0 Å². The van der Waals surface area contributed by atoms with Crippen LogP contribution in [0.3, 0.4) is 0 Å². The number of aromatic nitrogens is 3. The SMILES string of the molecule is Nc1cncc(Nc2nc3c(s2)CCC3)n1. The molecule has 6 heteroatoms. The van der Waals surface area contributed by atoms with Crippen LogP contribution in [0.2, 0.25) is 0 Å². The van der Waals surface area contributed by atoms with Crippen molar-refractivity contribution in [3.63, 3.8) is 0 Å². The molecular weight excluding hydrogens is 222 g/mol. The van der Waals surface area contributed by atoms with Gasteiger partial charge in [0.1, 0.15) is 5.82 Å². The van der Waals surface area contributed by atoms with Gasteiger partial charge in [-0.2, -0.15) is 0 Å². The van der Waals surface area contributed by atoms with Gasteiger partial charge < -0.3 is 11.1 Å². The van der Waals surface area contributed by atoms with Gasteiger partial charge in [0.2, 0.25) is 0 Å². The fraction of sp³-hybridized carbons (Fsp3) is 0.300. The third kappa shape index (κ3) is 1.71. The van der Waals surface area contributed by atoms with Crippen LogP contribution < -0.4 is 11.1 Å². The molecule has 0 radical (unpaired) electrons. The Morgan fingerprint density at radius 2 is 2.19 bits per heavy atom. The molecule has 1 aliphatic carbocycles. The molecule has 0 amide bonds. The largest absolute Gasteiger partial charge is 0.382 e. The number of nitrogens with two attached hydrogens (primary N) is 1. The van der Waals surface area contributed by atoms with Crippen molar-refractivity contribution >= 4 is 28.1 Å². The predicted octanol–water partition coefficient (Wildman–Crippen LogP) is 1.75. The van der Waals surface area contributed by atoms with E-state index >= 15 is 0 Å². The lowest BCUT2D eigenvalue weighted by molar-refractivity contribution is 0.900. The summed E-state index contributed by atoms with van der Waals surface area (Å²) in [5, 5.41) is 4.01. The van der Waals surface area contributed by atoms with Crippen molar-refractivity contribution in [1.82, 2.24) is 15.0 Å². The summed E-state index contributed by atoms with van der Waals surface area (Å²) < 4.78 is 0. The summed E-state index contributed by atoms with van der Waals surface area (Å²) >= 11 is 1.69. The van der Waals surface area contributed by atoms with E-state index in [9.17, 15) is 0 Å². The number of thiazole rings is 1. The Labute approximate surface area is 96.8 Å². The maximum Gasteiger partial charge on any atom is 0.188 e. The topological polar surface area (TPSA) is 76.7 Å². The lowest BCUT2D eigenvalue weighted by Gasteiger charge is -2.01. The number of nitrogen functional groups attached to an aromatic ring is 1. The van der Waals surface area contributed by atoms with Crippen molar-refractivity contribution < 1.29 is 0 Å². The number of fused-ring (bicyclic) bond motifs is 1. The van der Waals surface area contributed by atoms with Crippen LogP contribution in [0.25, 0.3) is 0 Å². The minimum absolute atomic E-state index is 0.411. The quantitative estimate of drug-likeness (QED) is 0.826. The number of nitrogens with one attached hydrogen (secondary N) is 1. The van der Waals surface area contributed by atoms with Gasteiger partial charge in [0.15, 0.2) is 10.9 Å². The summed E-state index contributed by atoms with van der Waals surface area (Å²) in [4.78, 5) is 14.0. The molecule has 0 atom stereocenters. The standard InChI is InChI=1S/C10H11N5S/c11-8-4-12-5-9(14-8)15-10-13-6-2-1-3-7(6)16-10/h4-5H,1-3H2,(H3,11,13,14,15). The predicted molar refractivity (Wildman–Crippen MR) is 63.9 cm³/mol. The van der Waals surface area contributed by atoms with E-state index < -0.39 is 0 Å². The Balaban J connectivity index is 1.83. The number of hydrogen-bond acceptors (Lipinski definition) is 6. The second-order valence-corrected chi connectivity index (χ2v) is 4.78.